The van der Waals surface area contributed by atoms with Gasteiger partial charge < -0.3 is 16.4 Å². The van der Waals surface area contributed by atoms with Crippen molar-refractivity contribution in [2.24, 2.45) is 0 Å². The number of aromatic nitrogens is 1. The first-order chi connectivity index (χ1) is 12.2. The third-order valence-corrected chi connectivity index (χ3v) is 4.05. The Hall–Kier alpha value is -3.60. The van der Waals surface area contributed by atoms with Gasteiger partial charge in [-0.05, 0) is 35.9 Å². The number of nitrogen functional groups attached to an aromatic ring is 1. The standard InChI is InChI=1S/C20H16N4O/c21-14-6-7-17-16(12-14)18(20(25)24-17)19(13-4-2-1-3-5-13)23-15-8-10-22-11-9-15/h1-12H,21H2,(H,22,23)(H,24,25)/b19-18-. The molecule has 5 heteroatoms. The van der Waals surface area contributed by atoms with Crippen molar-refractivity contribution in [2.75, 3.05) is 16.4 Å². The molecule has 0 aliphatic carbocycles. The average Bonchev–Trinajstić information content (AvgIpc) is 2.96. The largest absolute Gasteiger partial charge is 0.399 e. The van der Waals surface area contributed by atoms with Gasteiger partial charge in [0.05, 0.1) is 11.3 Å². The Bertz CT molecular complexity index is 966. The molecule has 0 saturated heterocycles. The summed E-state index contributed by atoms with van der Waals surface area (Å²) >= 11 is 0. The van der Waals surface area contributed by atoms with E-state index in [1.165, 1.54) is 0 Å². The normalized spacial score (nSPS) is 14.6. The van der Waals surface area contributed by atoms with E-state index in [-0.39, 0.29) is 5.91 Å². The minimum atomic E-state index is -0.152. The lowest BCUT2D eigenvalue weighted by Gasteiger charge is -2.14. The number of nitrogens with two attached hydrogens (primary N) is 1. The van der Waals surface area contributed by atoms with Crippen LogP contribution in [0.15, 0.2) is 73.1 Å². The van der Waals surface area contributed by atoms with Crippen LogP contribution in [-0.4, -0.2) is 10.9 Å². The molecule has 2 aromatic carbocycles. The summed E-state index contributed by atoms with van der Waals surface area (Å²) in [4.78, 5) is 16.7. The highest BCUT2D eigenvalue weighted by atomic mass is 16.2. The van der Waals surface area contributed by atoms with Crippen LogP contribution in [0.5, 0.6) is 0 Å². The zero-order valence-electron chi connectivity index (χ0n) is 13.4. The Balaban J connectivity index is 1.93. The fraction of sp³-hybridized carbons (Fsp3) is 0. The Kier molecular flexibility index (Phi) is 3.67. The lowest BCUT2D eigenvalue weighted by molar-refractivity contribution is -0.110. The summed E-state index contributed by atoms with van der Waals surface area (Å²) in [7, 11) is 0. The van der Waals surface area contributed by atoms with Crippen LogP contribution < -0.4 is 16.4 Å². The van der Waals surface area contributed by atoms with E-state index in [9.17, 15) is 4.79 Å². The number of nitrogens with zero attached hydrogens (tertiary/aromatic N) is 1. The van der Waals surface area contributed by atoms with Crippen LogP contribution in [0.3, 0.4) is 0 Å². The summed E-state index contributed by atoms with van der Waals surface area (Å²) in [5, 5.41) is 6.27. The Morgan fingerprint density at radius 3 is 2.52 bits per heavy atom. The predicted octanol–water partition coefficient (Wildman–Crippen LogP) is 3.60. The molecular formula is C20H16N4O. The molecule has 1 amide bonds. The molecule has 0 radical (unpaired) electrons. The van der Waals surface area contributed by atoms with Gasteiger partial charge >= 0.3 is 0 Å². The number of hydrogen-bond donors (Lipinski definition) is 3. The van der Waals surface area contributed by atoms with E-state index in [1.54, 1.807) is 18.5 Å². The number of benzene rings is 2. The highest BCUT2D eigenvalue weighted by molar-refractivity contribution is 6.37. The highest BCUT2D eigenvalue weighted by Gasteiger charge is 2.28. The molecule has 5 nitrogen and oxygen atoms in total. The molecule has 0 fully saturated rings. The van der Waals surface area contributed by atoms with Crippen molar-refractivity contribution in [3.8, 4) is 0 Å². The average molecular weight is 328 g/mol. The van der Waals surface area contributed by atoms with Gasteiger partial charge in [-0.1, -0.05) is 30.3 Å². The summed E-state index contributed by atoms with van der Waals surface area (Å²) in [5.74, 6) is -0.152. The number of carbonyl (C=O) groups is 1. The molecule has 122 valence electrons. The van der Waals surface area contributed by atoms with E-state index in [0.29, 0.717) is 11.3 Å². The predicted molar refractivity (Wildman–Crippen MR) is 101 cm³/mol. The molecule has 0 saturated carbocycles. The van der Waals surface area contributed by atoms with Gasteiger partial charge in [-0.3, -0.25) is 9.78 Å². The molecule has 25 heavy (non-hydrogen) atoms. The van der Waals surface area contributed by atoms with Crippen LogP contribution in [0.2, 0.25) is 0 Å². The van der Waals surface area contributed by atoms with E-state index in [1.807, 2.05) is 54.6 Å². The lowest BCUT2D eigenvalue weighted by atomic mass is 9.99. The molecule has 2 heterocycles. The molecule has 4 rings (SSSR count). The summed E-state index contributed by atoms with van der Waals surface area (Å²) in [5.41, 5.74) is 11.2. The van der Waals surface area contributed by atoms with Gasteiger partial charge in [-0.25, -0.2) is 0 Å². The van der Waals surface area contributed by atoms with E-state index < -0.39 is 0 Å². The molecular weight excluding hydrogens is 312 g/mol. The molecule has 0 spiro atoms. The number of rotatable bonds is 3. The summed E-state index contributed by atoms with van der Waals surface area (Å²) in [6.07, 6.45) is 3.41. The van der Waals surface area contributed by atoms with Gasteiger partial charge in [-0.2, -0.15) is 0 Å². The Morgan fingerprint density at radius 1 is 1.00 bits per heavy atom. The maximum Gasteiger partial charge on any atom is 0.258 e. The lowest BCUT2D eigenvalue weighted by Crippen LogP contribution is -2.10. The maximum absolute atomic E-state index is 12.7. The van der Waals surface area contributed by atoms with Crippen molar-refractivity contribution in [2.45, 2.75) is 0 Å². The second-order valence-corrected chi connectivity index (χ2v) is 5.74. The van der Waals surface area contributed by atoms with Crippen LogP contribution in [-0.2, 0) is 4.79 Å². The first-order valence-corrected chi connectivity index (χ1v) is 7.90. The third-order valence-electron chi connectivity index (χ3n) is 4.05. The second-order valence-electron chi connectivity index (χ2n) is 5.74. The fourth-order valence-electron chi connectivity index (χ4n) is 2.90. The number of hydrogen-bond acceptors (Lipinski definition) is 4. The van der Waals surface area contributed by atoms with Gasteiger partial charge in [0, 0.05) is 35.0 Å². The molecule has 0 atom stereocenters. The topological polar surface area (TPSA) is 80.0 Å². The van der Waals surface area contributed by atoms with Crippen LogP contribution in [0.25, 0.3) is 11.3 Å². The van der Waals surface area contributed by atoms with Crippen LogP contribution in [0.4, 0.5) is 17.1 Å². The molecule has 1 aliphatic heterocycles. The van der Waals surface area contributed by atoms with Crippen LogP contribution in [0.1, 0.15) is 11.1 Å². The maximum atomic E-state index is 12.7. The van der Waals surface area contributed by atoms with Crippen LogP contribution >= 0.6 is 0 Å². The minimum Gasteiger partial charge on any atom is -0.399 e. The first-order valence-electron chi connectivity index (χ1n) is 7.90. The van der Waals surface area contributed by atoms with E-state index >= 15 is 0 Å². The number of pyridine rings is 1. The highest BCUT2D eigenvalue weighted by Crippen LogP contribution is 2.38. The zero-order valence-corrected chi connectivity index (χ0v) is 13.4. The van der Waals surface area contributed by atoms with Crippen molar-refractivity contribution in [3.63, 3.8) is 0 Å². The quantitative estimate of drug-likeness (QED) is 0.507. The number of anilines is 3. The first kappa shape index (κ1) is 15.0. The number of nitrogens with one attached hydrogen (secondary N) is 2. The van der Waals surface area contributed by atoms with Crippen LogP contribution in [0, 0.1) is 0 Å². The van der Waals surface area contributed by atoms with Crippen molar-refractivity contribution in [3.05, 3.63) is 84.2 Å². The number of amides is 1. The summed E-state index contributed by atoms with van der Waals surface area (Å²) in [6, 6.07) is 18.9. The molecule has 0 unspecified atom stereocenters. The fourth-order valence-corrected chi connectivity index (χ4v) is 2.90. The minimum absolute atomic E-state index is 0.152. The number of fused-ring (bicyclic) bond motifs is 1. The molecule has 3 aromatic rings. The molecule has 1 aromatic heterocycles. The van der Waals surface area contributed by atoms with Crippen molar-refractivity contribution in [1.82, 2.24) is 4.98 Å². The van der Waals surface area contributed by atoms with Crippen molar-refractivity contribution >= 4 is 34.2 Å². The Morgan fingerprint density at radius 2 is 1.76 bits per heavy atom. The van der Waals surface area contributed by atoms with Crippen molar-refractivity contribution in [1.29, 1.82) is 0 Å². The van der Waals surface area contributed by atoms with Crippen molar-refractivity contribution < 1.29 is 4.79 Å². The van der Waals surface area contributed by atoms with Gasteiger partial charge in [0.15, 0.2) is 0 Å². The Labute approximate surface area is 145 Å². The van der Waals surface area contributed by atoms with Gasteiger partial charge in [-0.15, -0.1) is 0 Å². The third kappa shape index (κ3) is 2.83. The molecule has 0 bridgehead atoms. The van der Waals surface area contributed by atoms with E-state index in [4.69, 9.17) is 5.73 Å². The summed E-state index contributed by atoms with van der Waals surface area (Å²) in [6.45, 7) is 0. The zero-order chi connectivity index (χ0) is 17.2. The molecule has 4 N–H and O–H groups in total. The second kappa shape index (κ2) is 6.13. The van der Waals surface area contributed by atoms with Gasteiger partial charge in [0.25, 0.3) is 5.91 Å². The smallest absolute Gasteiger partial charge is 0.258 e. The molecule has 1 aliphatic rings. The van der Waals surface area contributed by atoms with E-state index in [0.717, 1.165) is 28.2 Å². The van der Waals surface area contributed by atoms with Gasteiger partial charge in [0.2, 0.25) is 0 Å². The van der Waals surface area contributed by atoms with E-state index in [2.05, 4.69) is 15.6 Å². The monoisotopic (exact) mass is 328 g/mol. The van der Waals surface area contributed by atoms with Gasteiger partial charge in [0.1, 0.15) is 0 Å². The summed E-state index contributed by atoms with van der Waals surface area (Å²) < 4.78 is 0. The SMILES string of the molecule is Nc1ccc2c(c1)/C(=C(/Nc1ccncc1)c1ccccc1)C(=O)N2. The number of carbonyl (C=O) groups excluding carboxylic acids is 1.